The Morgan fingerprint density at radius 1 is 1.21 bits per heavy atom. The van der Waals surface area contributed by atoms with Crippen LogP contribution in [0.4, 0.5) is 10.1 Å². The molecule has 4 rings (SSSR count). The van der Waals surface area contributed by atoms with Gasteiger partial charge in [-0.3, -0.25) is 4.79 Å². The van der Waals surface area contributed by atoms with E-state index in [9.17, 15) is 14.4 Å². The first-order valence-electron chi connectivity index (χ1n) is 9.97. The monoisotopic (exact) mass is 460 g/mol. The van der Waals surface area contributed by atoms with Crippen molar-refractivity contribution in [1.29, 1.82) is 5.26 Å². The molecule has 0 saturated heterocycles. The van der Waals surface area contributed by atoms with Crippen molar-refractivity contribution in [2.75, 3.05) is 11.9 Å². The van der Waals surface area contributed by atoms with Gasteiger partial charge < -0.3 is 15.0 Å². The van der Waals surface area contributed by atoms with Crippen LogP contribution in [-0.4, -0.2) is 22.5 Å². The zero-order valence-electron chi connectivity index (χ0n) is 17.5. The van der Waals surface area contributed by atoms with Gasteiger partial charge in [-0.15, -0.1) is 0 Å². The molecule has 4 aromatic rings. The number of nitrogens with one attached hydrogen (secondary N) is 2. The number of allylic oxidation sites excluding steroid dienone is 1. The number of aryl methyl sites for hydroxylation is 1. The van der Waals surface area contributed by atoms with Crippen LogP contribution in [0.2, 0.25) is 5.02 Å². The standard InChI is InChI=1S/C25H18ClFN4O2/c1-15-2-8-21-22(10-15)31-25(30-21)17(13-28)11-16-3-9-23(20(26)12-16)33-14-24(32)29-19-6-4-18(27)5-7-19/h2-12H,14H2,1H3,(H,29,32)(H,30,31). The van der Waals surface area contributed by atoms with Gasteiger partial charge >= 0.3 is 0 Å². The van der Waals surface area contributed by atoms with E-state index in [-0.39, 0.29) is 17.4 Å². The van der Waals surface area contributed by atoms with E-state index in [1.165, 1.54) is 24.3 Å². The summed E-state index contributed by atoms with van der Waals surface area (Å²) in [5, 5.41) is 12.5. The summed E-state index contributed by atoms with van der Waals surface area (Å²) >= 11 is 6.31. The fraction of sp³-hybridized carbons (Fsp3) is 0.0800. The van der Waals surface area contributed by atoms with Crippen molar-refractivity contribution in [2.45, 2.75) is 6.92 Å². The van der Waals surface area contributed by atoms with Gasteiger partial charge in [0.25, 0.3) is 5.91 Å². The topological polar surface area (TPSA) is 90.8 Å². The second-order valence-corrected chi connectivity index (χ2v) is 7.72. The minimum Gasteiger partial charge on any atom is -0.482 e. The van der Waals surface area contributed by atoms with Crippen molar-refractivity contribution in [3.63, 3.8) is 0 Å². The van der Waals surface area contributed by atoms with Gasteiger partial charge in [-0.2, -0.15) is 5.26 Å². The Morgan fingerprint density at radius 3 is 2.73 bits per heavy atom. The van der Waals surface area contributed by atoms with E-state index in [0.29, 0.717) is 28.4 Å². The summed E-state index contributed by atoms with van der Waals surface area (Å²) < 4.78 is 18.4. The Labute approximate surface area is 194 Å². The number of aromatic nitrogens is 2. The highest BCUT2D eigenvalue weighted by Gasteiger charge is 2.10. The Bertz CT molecular complexity index is 1400. The molecule has 0 spiro atoms. The van der Waals surface area contributed by atoms with Gasteiger partial charge in [0.15, 0.2) is 6.61 Å². The van der Waals surface area contributed by atoms with Crippen LogP contribution >= 0.6 is 11.6 Å². The maximum atomic E-state index is 13.0. The molecule has 164 valence electrons. The molecule has 0 unspecified atom stereocenters. The Balaban J connectivity index is 1.45. The molecule has 1 heterocycles. The molecule has 0 saturated carbocycles. The zero-order valence-corrected chi connectivity index (χ0v) is 18.3. The van der Waals surface area contributed by atoms with Crippen molar-refractivity contribution >= 4 is 45.9 Å². The number of nitriles is 1. The van der Waals surface area contributed by atoms with E-state index < -0.39 is 5.91 Å². The number of rotatable bonds is 6. The van der Waals surface area contributed by atoms with Crippen LogP contribution in [0.3, 0.4) is 0 Å². The summed E-state index contributed by atoms with van der Waals surface area (Å²) in [5.74, 6) is -0.0125. The fourth-order valence-corrected chi connectivity index (χ4v) is 3.41. The molecule has 33 heavy (non-hydrogen) atoms. The van der Waals surface area contributed by atoms with Crippen molar-refractivity contribution in [3.8, 4) is 11.8 Å². The van der Waals surface area contributed by atoms with E-state index in [0.717, 1.165) is 16.6 Å². The van der Waals surface area contributed by atoms with E-state index in [1.54, 1.807) is 24.3 Å². The number of hydrogen-bond donors (Lipinski definition) is 2. The number of aromatic amines is 1. The van der Waals surface area contributed by atoms with Gasteiger partial charge in [-0.1, -0.05) is 23.7 Å². The highest BCUT2D eigenvalue weighted by Crippen LogP contribution is 2.28. The zero-order chi connectivity index (χ0) is 23.4. The van der Waals surface area contributed by atoms with Crippen LogP contribution in [0.25, 0.3) is 22.7 Å². The maximum Gasteiger partial charge on any atom is 0.262 e. The first-order chi connectivity index (χ1) is 15.9. The predicted octanol–water partition coefficient (Wildman–Crippen LogP) is 5.75. The third-order valence-corrected chi connectivity index (χ3v) is 5.06. The highest BCUT2D eigenvalue weighted by molar-refractivity contribution is 6.32. The van der Waals surface area contributed by atoms with Crippen molar-refractivity contribution in [3.05, 3.63) is 88.5 Å². The second-order valence-electron chi connectivity index (χ2n) is 7.31. The molecule has 0 aliphatic carbocycles. The molecule has 0 atom stereocenters. The number of imidazole rings is 1. The Morgan fingerprint density at radius 2 is 2.00 bits per heavy atom. The summed E-state index contributed by atoms with van der Waals surface area (Å²) in [6, 6.07) is 18.4. The smallest absolute Gasteiger partial charge is 0.262 e. The van der Waals surface area contributed by atoms with Gasteiger partial charge in [0.2, 0.25) is 0 Å². The number of carbonyl (C=O) groups is 1. The van der Waals surface area contributed by atoms with Crippen LogP contribution in [0, 0.1) is 24.1 Å². The molecular formula is C25H18ClFN4O2. The molecule has 0 aliphatic heterocycles. The lowest BCUT2D eigenvalue weighted by molar-refractivity contribution is -0.118. The summed E-state index contributed by atoms with van der Waals surface area (Å²) in [5.41, 5.74) is 4.21. The fourth-order valence-electron chi connectivity index (χ4n) is 3.17. The second kappa shape index (κ2) is 9.55. The molecule has 0 aliphatic rings. The molecule has 1 aromatic heterocycles. The molecule has 0 fully saturated rings. The minimum atomic E-state index is -0.409. The Kier molecular flexibility index (Phi) is 6.38. The van der Waals surface area contributed by atoms with E-state index >= 15 is 0 Å². The molecule has 0 radical (unpaired) electrons. The molecular weight excluding hydrogens is 443 g/mol. The van der Waals surface area contributed by atoms with Crippen LogP contribution < -0.4 is 10.1 Å². The summed E-state index contributed by atoms with van der Waals surface area (Å²) in [6.07, 6.45) is 1.67. The van der Waals surface area contributed by atoms with Gasteiger partial charge in [-0.25, -0.2) is 9.37 Å². The van der Waals surface area contributed by atoms with E-state index in [1.807, 2.05) is 25.1 Å². The summed E-state index contributed by atoms with van der Waals surface area (Å²) in [6.45, 7) is 1.72. The molecule has 6 nitrogen and oxygen atoms in total. The molecule has 2 N–H and O–H groups in total. The number of ether oxygens (including phenoxy) is 1. The minimum absolute atomic E-state index is 0.270. The largest absolute Gasteiger partial charge is 0.482 e. The first-order valence-corrected chi connectivity index (χ1v) is 10.4. The summed E-state index contributed by atoms with van der Waals surface area (Å²) in [4.78, 5) is 19.7. The number of hydrogen-bond acceptors (Lipinski definition) is 4. The van der Waals surface area contributed by atoms with Crippen molar-refractivity contribution < 1.29 is 13.9 Å². The number of amides is 1. The van der Waals surface area contributed by atoms with Crippen molar-refractivity contribution in [2.24, 2.45) is 0 Å². The van der Waals surface area contributed by atoms with Crippen LogP contribution in [0.5, 0.6) is 5.75 Å². The van der Waals surface area contributed by atoms with Gasteiger partial charge in [0.05, 0.1) is 21.6 Å². The number of benzene rings is 3. The summed E-state index contributed by atoms with van der Waals surface area (Å²) in [7, 11) is 0. The van der Waals surface area contributed by atoms with E-state index in [2.05, 4.69) is 21.4 Å². The molecule has 3 aromatic carbocycles. The number of fused-ring (bicyclic) bond motifs is 1. The molecule has 1 amide bonds. The molecule has 8 heteroatoms. The third-order valence-electron chi connectivity index (χ3n) is 4.77. The van der Waals surface area contributed by atoms with Crippen LogP contribution in [0.15, 0.2) is 60.7 Å². The normalized spacial score (nSPS) is 11.3. The SMILES string of the molecule is Cc1ccc2nc(C(C#N)=Cc3ccc(OCC(=O)Nc4ccc(F)cc4)c(Cl)c3)[nH]c2c1. The van der Waals surface area contributed by atoms with Crippen LogP contribution in [-0.2, 0) is 4.79 Å². The van der Waals surface area contributed by atoms with Gasteiger partial charge in [-0.05, 0) is 72.7 Å². The average Bonchev–Trinajstić information content (AvgIpc) is 3.21. The van der Waals surface area contributed by atoms with Gasteiger partial charge in [0, 0.05) is 5.69 Å². The lowest BCUT2D eigenvalue weighted by Gasteiger charge is -2.09. The molecule has 0 bridgehead atoms. The van der Waals surface area contributed by atoms with Crippen LogP contribution in [0.1, 0.15) is 17.0 Å². The predicted molar refractivity (Wildman–Crippen MR) is 126 cm³/mol. The maximum absolute atomic E-state index is 13.0. The lowest BCUT2D eigenvalue weighted by atomic mass is 10.1. The number of anilines is 1. The number of halogens is 2. The quantitative estimate of drug-likeness (QED) is 0.359. The van der Waals surface area contributed by atoms with Crippen molar-refractivity contribution in [1.82, 2.24) is 9.97 Å². The van der Waals surface area contributed by atoms with E-state index in [4.69, 9.17) is 16.3 Å². The number of H-pyrrole nitrogens is 1. The number of carbonyl (C=O) groups excluding carboxylic acids is 1. The first kappa shape index (κ1) is 22.1. The number of nitrogens with zero attached hydrogens (tertiary/aromatic N) is 2. The average molecular weight is 461 g/mol. The Hall–Kier alpha value is -4.15. The highest BCUT2D eigenvalue weighted by atomic mass is 35.5. The lowest BCUT2D eigenvalue weighted by Crippen LogP contribution is -2.20. The van der Waals surface area contributed by atoms with Gasteiger partial charge in [0.1, 0.15) is 23.5 Å². The third kappa shape index (κ3) is 5.37.